The summed E-state index contributed by atoms with van der Waals surface area (Å²) in [6.45, 7) is 13.9. The predicted octanol–water partition coefficient (Wildman–Crippen LogP) is 7.96. The van der Waals surface area contributed by atoms with E-state index in [0.717, 1.165) is 58.6 Å². The van der Waals surface area contributed by atoms with Gasteiger partial charge in [-0.05, 0) is 114 Å². The Labute approximate surface area is 302 Å². The van der Waals surface area contributed by atoms with Gasteiger partial charge in [0.25, 0.3) is 0 Å². The number of nitrogens with two attached hydrogens (primary N) is 2. The average molecular weight is 726 g/mol. The van der Waals surface area contributed by atoms with Crippen LogP contribution in [0.15, 0.2) is 36.7 Å². The molecule has 2 aliphatic heterocycles. The molecule has 0 aliphatic carbocycles. The van der Waals surface area contributed by atoms with Gasteiger partial charge in [-0.1, -0.05) is 23.2 Å². The Morgan fingerprint density at radius 1 is 0.660 bits per heavy atom. The van der Waals surface area contributed by atoms with E-state index < -0.39 is 11.2 Å². The van der Waals surface area contributed by atoms with Crippen LogP contribution in [0, 0.1) is 0 Å². The highest BCUT2D eigenvalue weighted by atomic mass is 35.5. The second-order valence-electron chi connectivity index (χ2n) is 14.8. The zero-order valence-electron chi connectivity index (χ0n) is 29.5. The van der Waals surface area contributed by atoms with Crippen LogP contribution in [0.4, 0.5) is 21.5 Å². The molecule has 2 aliphatic rings. The Balaban J connectivity index is 0.000000194. The lowest BCUT2D eigenvalue weighted by atomic mass is 9.89. The Morgan fingerprint density at radius 3 is 1.32 bits per heavy atom. The SMILES string of the molecule is CC(C)(C)OC(=O)N1CCC(c2cc3nc(N)ncc3cc2Cl)CC1.CC(C)(C)OC(=O)N1CCC(c2cc3nc(N)ncc3cc2Cl)CC1. The minimum atomic E-state index is -0.477. The van der Waals surface area contributed by atoms with Gasteiger partial charge < -0.3 is 30.7 Å². The Kier molecular flexibility index (Phi) is 11.1. The normalized spacial score (nSPS) is 16.2. The van der Waals surface area contributed by atoms with Crippen LogP contribution < -0.4 is 11.5 Å². The summed E-state index contributed by atoms with van der Waals surface area (Å²) in [6.07, 6.45) is 6.20. The molecule has 0 atom stereocenters. The standard InChI is InChI=1S/2C18H23ClN4O2/c2*1-18(2,3)25-17(24)23-6-4-11(5-7-23)13-9-15-12(8-14(13)19)10-21-16(20)22-15/h2*8-11H,4-7H2,1-3H3,(H2,20,21,22). The van der Waals surface area contributed by atoms with E-state index in [1.165, 1.54) is 0 Å². The summed E-state index contributed by atoms with van der Waals surface area (Å²) in [4.78, 5) is 44.4. The summed E-state index contributed by atoms with van der Waals surface area (Å²) in [5, 5.41) is 3.15. The number of aromatic nitrogens is 4. The van der Waals surface area contributed by atoms with Crippen LogP contribution in [0.3, 0.4) is 0 Å². The number of rotatable bonds is 2. The lowest BCUT2D eigenvalue weighted by Gasteiger charge is -2.34. The number of anilines is 2. The third-order valence-electron chi connectivity index (χ3n) is 8.61. The molecular weight excluding hydrogens is 679 g/mol. The van der Waals surface area contributed by atoms with Crippen molar-refractivity contribution in [3.8, 4) is 0 Å². The van der Waals surface area contributed by atoms with E-state index >= 15 is 0 Å². The van der Waals surface area contributed by atoms with E-state index in [1.54, 1.807) is 22.2 Å². The van der Waals surface area contributed by atoms with E-state index in [0.29, 0.717) is 36.2 Å². The minimum absolute atomic E-state index is 0.250. The zero-order chi connectivity index (χ0) is 36.4. The number of fused-ring (bicyclic) bond motifs is 2. The molecule has 0 saturated carbocycles. The molecule has 0 spiro atoms. The van der Waals surface area contributed by atoms with E-state index in [9.17, 15) is 9.59 Å². The number of hydrogen-bond donors (Lipinski definition) is 2. The van der Waals surface area contributed by atoms with Gasteiger partial charge in [0, 0.05) is 59.4 Å². The van der Waals surface area contributed by atoms with Crippen LogP contribution in [-0.4, -0.2) is 79.3 Å². The summed E-state index contributed by atoms with van der Waals surface area (Å²) < 4.78 is 10.9. The molecule has 2 amide bonds. The van der Waals surface area contributed by atoms with Crippen molar-refractivity contribution in [2.75, 3.05) is 37.6 Å². The molecule has 2 saturated heterocycles. The molecule has 6 rings (SSSR count). The van der Waals surface area contributed by atoms with E-state index in [-0.39, 0.29) is 35.9 Å². The molecule has 2 fully saturated rings. The van der Waals surface area contributed by atoms with Gasteiger partial charge in [0.2, 0.25) is 11.9 Å². The Bertz CT molecular complexity index is 1730. The van der Waals surface area contributed by atoms with Crippen LogP contribution in [0.5, 0.6) is 0 Å². The monoisotopic (exact) mass is 724 g/mol. The number of halogens is 2. The van der Waals surface area contributed by atoms with Crippen molar-refractivity contribution < 1.29 is 19.1 Å². The summed E-state index contributed by atoms with van der Waals surface area (Å²) in [6, 6.07) is 7.74. The van der Waals surface area contributed by atoms with Gasteiger partial charge >= 0.3 is 12.2 Å². The Morgan fingerprint density at radius 2 is 1.00 bits per heavy atom. The van der Waals surface area contributed by atoms with Crippen LogP contribution in [0.1, 0.15) is 90.2 Å². The van der Waals surface area contributed by atoms with Gasteiger partial charge in [0.1, 0.15) is 11.2 Å². The maximum Gasteiger partial charge on any atom is 0.410 e. The smallest absolute Gasteiger partial charge is 0.410 e. The first-order chi connectivity index (χ1) is 23.5. The maximum absolute atomic E-state index is 12.2. The van der Waals surface area contributed by atoms with E-state index in [2.05, 4.69) is 19.9 Å². The molecule has 2 aromatic carbocycles. The summed E-state index contributed by atoms with van der Waals surface area (Å²) in [7, 11) is 0. The van der Waals surface area contributed by atoms with Gasteiger partial charge in [0.15, 0.2) is 0 Å². The lowest BCUT2D eigenvalue weighted by molar-refractivity contribution is 0.0194. The Hall–Kier alpha value is -4.16. The molecule has 0 bridgehead atoms. The molecule has 268 valence electrons. The fourth-order valence-corrected chi connectivity index (χ4v) is 6.84. The number of likely N-dealkylation sites (tertiary alicyclic amines) is 2. The number of piperidine rings is 2. The first-order valence-corrected chi connectivity index (χ1v) is 17.6. The fourth-order valence-electron chi connectivity index (χ4n) is 6.19. The largest absolute Gasteiger partial charge is 0.444 e. The van der Waals surface area contributed by atoms with Crippen molar-refractivity contribution in [2.24, 2.45) is 0 Å². The van der Waals surface area contributed by atoms with Crippen molar-refractivity contribution in [1.82, 2.24) is 29.7 Å². The number of carbonyl (C=O) groups excluding carboxylic acids is 2. The second-order valence-corrected chi connectivity index (χ2v) is 15.6. The van der Waals surface area contributed by atoms with Crippen molar-refractivity contribution in [1.29, 1.82) is 0 Å². The van der Waals surface area contributed by atoms with Crippen molar-refractivity contribution in [3.63, 3.8) is 0 Å². The molecule has 12 nitrogen and oxygen atoms in total. The van der Waals surface area contributed by atoms with E-state index in [1.807, 2.05) is 65.8 Å². The highest BCUT2D eigenvalue weighted by Crippen LogP contribution is 2.37. The molecule has 4 heterocycles. The number of carbonyl (C=O) groups is 2. The number of hydrogen-bond acceptors (Lipinski definition) is 10. The van der Waals surface area contributed by atoms with Crippen LogP contribution in [0.25, 0.3) is 21.8 Å². The second kappa shape index (κ2) is 15.0. The number of nitrogens with zero attached hydrogens (tertiary/aromatic N) is 6. The lowest BCUT2D eigenvalue weighted by Crippen LogP contribution is -2.41. The van der Waals surface area contributed by atoms with Crippen LogP contribution >= 0.6 is 23.2 Å². The van der Waals surface area contributed by atoms with Gasteiger partial charge in [-0.25, -0.2) is 29.5 Å². The quantitative estimate of drug-likeness (QED) is 0.207. The molecule has 4 N–H and O–H groups in total. The molecule has 4 aromatic rings. The highest BCUT2D eigenvalue weighted by molar-refractivity contribution is 6.32. The van der Waals surface area contributed by atoms with Gasteiger partial charge in [-0.3, -0.25) is 0 Å². The first-order valence-electron chi connectivity index (χ1n) is 16.8. The number of nitrogen functional groups attached to an aromatic ring is 2. The van der Waals surface area contributed by atoms with Crippen LogP contribution in [0.2, 0.25) is 10.0 Å². The number of benzene rings is 2. The van der Waals surface area contributed by atoms with Crippen LogP contribution in [-0.2, 0) is 9.47 Å². The van der Waals surface area contributed by atoms with Gasteiger partial charge in [-0.15, -0.1) is 0 Å². The van der Waals surface area contributed by atoms with Crippen molar-refractivity contribution in [3.05, 3.63) is 57.8 Å². The first kappa shape index (κ1) is 37.1. The third kappa shape index (κ3) is 9.54. The number of amides is 2. The summed E-state index contributed by atoms with van der Waals surface area (Å²) in [5.74, 6) is 1.07. The molecule has 0 radical (unpaired) electrons. The third-order valence-corrected chi connectivity index (χ3v) is 9.26. The van der Waals surface area contributed by atoms with Gasteiger partial charge in [-0.2, -0.15) is 0 Å². The van der Waals surface area contributed by atoms with Crippen molar-refractivity contribution >= 4 is 69.1 Å². The zero-order valence-corrected chi connectivity index (χ0v) is 31.0. The summed E-state index contributed by atoms with van der Waals surface area (Å²) in [5.41, 5.74) is 14.1. The molecular formula is C36H46Cl2N8O4. The van der Waals surface area contributed by atoms with Gasteiger partial charge in [0.05, 0.1) is 11.0 Å². The summed E-state index contributed by atoms with van der Waals surface area (Å²) >= 11 is 12.9. The molecule has 50 heavy (non-hydrogen) atoms. The molecule has 2 aromatic heterocycles. The predicted molar refractivity (Wildman–Crippen MR) is 197 cm³/mol. The minimum Gasteiger partial charge on any atom is -0.444 e. The maximum atomic E-state index is 12.2. The fraction of sp³-hybridized carbons (Fsp3) is 0.500. The molecule has 14 heteroatoms. The van der Waals surface area contributed by atoms with Crippen molar-refractivity contribution in [2.45, 2.75) is 90.3 Å². The topological polar surface area (TPSA) is 163 Å². The average Bonchev–Trinajstić information content (AvgIpc) is 3.03. The number of ether oxygens (including phenoxy) is 2. The molecule has 0 unspecified atom stereocenters. The highest BCUT2D eigenvalue weighted by Gasteiger charge is 2.30. The van der Waals surface area contributed by atoms with E-state index in [4.69, 9.17) is 44.1 Å².